The largest absolute Gasteiger partial charge is 1.00 e. The maximum Gasteiger partial charge on any atom is 1.00 e. The van der Waals surface area contributed by atoms with E-state index in [-0.39, 0.29) is 54.4 Å². The van der Waals surface area contributed by atoms with Gasteiger partial charge in [-0.1, -0.05) is 0 Å². The number of likely N-dealkylation sites (tertiary alicyclic amines) is 1. The van der Waals surface area contributed by atoms with E-state index in [1.165, 1.54) is 18.9 Å². The molecule has 17 nitrogen and oxygen atoms in total. The van der Waals surface area contributed by atoms with Crippen LogP contribution in [0.1, 0.15) is 75.2 Å². The van der Waals surface area contributed by atoms with Crippen LogP contribution in [-0.4, -0.2) is 153 Å². The van der Waals surface area contributed by atoms with Crippen LogP contribution >= 0.6 is 0 Å². The third kappa shape index (κ3) is 39.8. The molecule has 2 fully saturated rings. The first-order chi connectivity index (χ1) is 21.9. The van der Waals surface area contributed by atoms with Gasteiger partial charge in [0.25, 0.3) is 0 Å². The van der Waals surface area contributed by atoms with Crippen molar-refractivity contribution in [2.24, 2.45) is 0 Å². The summed E-state index contributed by atoms with van der Waals surface area (Å²) in [4.78, 5) is 74.5. The van der Waals surface area contributed by atoms with E-state index in [4.69, 9.17) is 14.6 Å². The zero-order valence-electron chi connectivity index (χ0n) is 31.4. The van der Waals surface area contributed by atoms with Gasteiger partial charge in [0.2, 0.25) is 5.97 Å². The van der Waals surface area contributed by atoms with E-state index in [0.717, 1.165) is 52.9 Å². The van der Waals surface area contributed by atoms with Crippen molar-refractivity contribution < 1.29 is 92.4 Å². The molecule has 2 saturated heterocycles. The second kappa shape index (κ2) is 29.3. The van der Waals surface area contributed by atoms with E-state index in [2.05, 4.69) is 32.7 Å². The molecule has 2 heterocycles. The summed E-state index contributed by atoms with van der Waals surface area (Å²) in [6, 6.07) is 0. The van der Waals surface area contributed by atoms with Gasteiger partial charge >= 0.3 is 53.7 Å². The van der Waals surface area contributed by atoms with Gasteiger partial charge in [-0.05, 0) is 60.9 Å². The van der Waals surface area contributed by atoms with Crippen LogP contribution in [0, 0.1) is 0 Å². The number of nitrogens with zero attached hydrogens (tertiary/aromatic N) is 3. The summed E-state index contributed by atoms with van der Waals surface area (Å²) in [5.74, 6) is -1.74. The van der Waals surface area contributed by atoms with E-state index in [1.54, 1.807) is 32.7 Å². The number of carbonyl (C=O) groups excluding carboxylic acids is 6. The molecule has 3 radical (unpaired) electrons. The van der Waals surface area contributed by atoms with E-state index in [0.29, 0.717) is 19.4 Å². The van der Waals surface area contributed by atoms with Crippen LogP contribution in [0.15, 0.2) is 0 Å². The molecule has 2 unspecified atom stereocenters. The number of nitrogens with one attached hydrogen (secondary N) is 1. The van der Waals surface area contributed by atoms with E-state index < -0.39 is 35.2 Å². The fourth-order valence-electron chi connectivity index (χ4n) is 3.02. The Morgan fingerprint density at radius 1 is 0.837 bits per heavy atom. The molecule has 0 aromatic carbocycles. The molecule has 2 rings (SSSR count). The number of aliphatic hydroxyl groups is 2. The van der Waals surface area contributed by atoms with Gasteiger partial charge < -0.3 is 52.3 Å². The van der Waals surface area contributed by atoms with E-state index in [1.807, 2.05) is 20.8 Å². The molecule has 0 aromatic heterocycles. The number of hydrogen-bond acceptors (Lipinski definition) is 15. The average molecular weight is 716 g/mol. The monoisotopic (exact) mass is 715 g/mol. The SMILES string of the molecule is CC(=O)OOC(C)=O.CN(CC=O)C(=O)OC(C)(C)C.CN(CCN1CCC(O)C1)C(=O)OC(C)(C)C.OC1CCNC1.[B-]OC(C)=O.[Na+]. The molecule has 279 valence electrons. The van der Waals surface area contributed by atoms with Crippen molar-refractivity contribution in [3.05, 3.63) is 0 Å². The summed E-state index contributed by atoms with van der Waals surface area (Å²) in [6.45, 7) is 19.3. The average Bonchev–Trinajstić information content (AvgIpc) is 3.60. The van der Waals surface area contributed by atoms with Crippen molar-refractivity contribution in [1.82, 2.24) is 20.0 Å². The van der Waals surface area contributed by atoms with Crippen molar-refractivity contribution in [2.75, 3.05) is 59.9 Å². The first kappa shape index (κ1) is 53.3. The summed E-state index contributed by atoms with van der Waals surface area (Å²) < 4.78 is 13.8. The van der Waals surface area contributed by atoms with Crippen molar-refractivity contribution in [2.45, 2.75) is 98.6 Å². The summed E-state index contributed by atoms with van der Waals surface area (Å²) in [7, 11) is 7.57. The normalized spacial score (nSPS) is 16.3. The number of hydrogen-bond donors (Lipinski definition) is 3. The fourth-order valence-corrected chi connectivity index (χ4v) is 3.02. The summed E-state index contributed by atoms with van der Waals surface area (Å²) in [5, 5.41) is 21.1. The van der Waals surface area contributed by atoms with Crippen molar-refractivity contribution in [3.63, 3.8) is 0 Å². The zero-order valence-corrected chi connectivity index (χ0v) is 33.4. The van der Waals surface area contributed by atoms with Crippen LogP contribution in [0.4, 0.5) is 9.59 Å². The number of likely N-dealkylation sites (N-methyl/N-ethyl adjacent to an activating group) is 2. The number of amides is 2. The molecule has 0 spiro atoms. The Bertz CT molecular complexity index is 945. The Morgan fingerprint density at radius 2 is 1.29 bits per heavy atom. The Morgan fingerprint density at radius 3 is 1.55 bits per heavy atom. The van der Waals surface area contributed by atoms with Crippen molar-refractivity contribution in [1.29, 1.82) is 0 Å². The minimum atomic E-state index is -0.639. The van der Waals surface area contributed by atoms with Crippen molar-refractivity contribution >= 4 is 44.4 Å². The van der Waals surface area contributed by atoms with Gasteiger partial charge in [0, 0.05) is 67.6 Å². The molecule has 2 aliphatic rings. The van der Waals surface area contributed by atoms with Crippen LogP contribution in [0.25, 0.3) is 0 Å². The quantitative estimate of drug-likeness (QED) is 0.121. The molecule has 0 bridgehead atoms. The Labute approximate surface area is 314 Å². The van der Waals surface area contributed by atoms with Crippen LogP contribution in [0.3, 0.4) is 0 Å². The molecular formula is C30H57BN4NaO13. The first-order valence-corrected chi connectivity index (χ1v) is 15.3. The molecule has 0 aromatic rings. The van der Waals surface area contributed by atoms with E-state index >= 15 is 0 Å². The molecule has 0 aliphatic carbocycles. The molecule has 3 N–H and O–H groups in total. The number of β-amino-alcohol motifs (C(OH)–C–C–N with tert-alkyl or cyclic N) is 2. The van der Waals surface area contributed by atoms with Gasteiger partial charge in [-0.3, -0.25) is 9.69 Å². The summed E-state index contributed by atoms with van der Waals surface area (Å²) in [5.41, 5.74) is -0.955. The minimum Gasteiger partial charge on any atom is -0.793 e. The van der Waals surface area contributed by atoms with Gasteiger partial charge in [-0.2, -0.15) is 0 Å². The first-order valence-electron chi connectivity index (χ1n) is 15.3. The third-order valence-corrected chi connectivity index (χ3v) is 5.23. The standard InChI is InChI=1S/C12H24N2O3.C8H15NO3.C4H9NO.C4H6O4.C2H3BO2.Na/c1-12(2,3)17-11(16)13(4)7-8-14-6-5-10(15)9-14;1-8(2,3)12-7(11)9(4)5-6-10;6-4-1-2-5-3-4;1-3(5)7-8-4(2)6;1-2(4)5-3;/h10,15H,5-9H2,1-4H3;6H,5H2,1-4H3;4-6H,1-3H2;1-2H3;1H3;/q;;;;-1;+1. The van der Waals surface area contributed by atoms with Gasteiger partial charge in [0.1, 0.15) is 17.5 Å². The topological polar surface area (TPSA) is 211 Å². The molecule has 2 aliphatic heterocycles. The zero-order chi connectivity index (χ0) is 38.1. The number of carbonyl (C=O) groups is 6. The van der Waals surface area contributed by atoms with Crippen LogP contribution < -0.4 is 34.9 Å². The van der Waals surface area contributed by atoms with E-state index in [9.17, 15) is 33.9 Å². The molecule has 0 saturated carbocycles. The van der Waals surface area contributed by atoms with Crippen LogP contribution in [0.2, 0.25) is 0 Å². The summed E-state index contributed by atoms with van der Waals surface area (Å²) in [6.07, 6.45) is 1.37. The number of ether oxygens (including phenoxy) is 2. The van der Waals surface area contributed by atoms with Crippen LogP contribution in [0.5, 0.6) is 0 Å². The van der Waals surface area contributed by atoms with Gasteiger partial charge in [-0.15, -0.1) is 0 Å². The van der Waals surface area contributed by atoms with Gasteiger partial charge in [0.05, 0.1) is 18.8 Å². The van der Waals surface area contributed by atoms with Gasteiger partial charge in [-0.25, -0.2) is 29.0 Å². The second-order valence-electron chi connectivity index (χ2n) is 12.6. The maximum absolute atomic E-state index is 11.7. The Balaban J connectivity index is -0.000000277. The maximum atomic E-state index is 11.7. The van der Waals surface area contributed by atoms with Crippen LogP contribution in [-0.2, 0) is 43.1 Å². The predicted octanol–water partition coefficient (Wildman–Crippen LogP) is -2.02. The number of rotatable bonds is 5. The van der Waals surface area contributed by atoms with Crippen molar-refractivity contribution in [3.8, 4) is 0 Å². The predicted molar refractivity (Wildman–Crippen MR) is 175 cm³/mol. The van der Waals surface area contributed by atoms with Gasteiger partial charge in [0.15, 0.2) is 0 Å². The number of aliphatic hydroxyl groups excluding tert-OH is 2. The minimum absolute atomic E-state index is 0. The molecule has 2 atom stereocenters. The third-order valence-electron chi connectivity index (χ3n) is 5.23. The fraction of sp³-hybridized carbons (Fsp3) is 0.800. The number of aldehydes is 1. The smallest absolute Gasteiger partial charge is 0.793 e. The molecular weight excluding hydrogens is 658 g/mol. The molecule has 19 heteroatoms. The Hall–Kier alpha value is -2.48. The second-order valence-corrected chi connectivity index (χ2v) is 12.6. The Kier molecular flexibility index (Phi) is 31.9. The molecule has 49 heavy (non-hydrogen) atoms. The molecule has 2 amide bonds. The summed E-state index contributed by atoms with van der Waals surface area (Å²) >= 11 is 0.